The second kappa shape index (κ2) is 7.44. The number of carbonyl (C=O) groups excluding carboxylic acids is 1. The zero-order valence-electron chi connectivity index (χ0n) is 11.1. The molecule has 0 aliphatic rings. The monoisotopic (exact) mass is 267 g/mol. The maximum absolute atomic E-state index is 12.1. The molecule has 1 rings (SSSR count). The largest absolute Gasteiger partial charge is 0.380 e. The van der Waals surface area contributed by atoms with E-state index in [1.807, 2.05) is 19.1 Å². The first kappa shape index (κ1) is 15.1. The van der Waals surface area contributed by atoms with Crippen molar-refractivity contribution in [2.24, 2.45) is 5.92 Å². The van der Waals surface area contributed by atoms with Crippen LogP contribution in [0.1, 0.15) is 31.1 Å². The van der Waals surface area contributed by atoms with Crippen LogP contribution < -0.4 is 5.32 Å². The second-order valence-electron chi connectivity index (χ2n) is 4.53. The number of hydrogen-bond donors (Lipinski definition) is 2. The molecule has 0 bridgehead atoms. The lowest BCUT2D eigenvalue weighted by Gasteiger charge is -2.22. The molecule has 100 valence electrons. The highest BCUT2D eigenvalue weighted by molar-refractivity contribution is 7.80. The summed E-state index contributed by atoms with van der Waals surface area (Å²) in [6, 6.07) is 7.24. The third-order valence-corrected chi connectivity index (χ3v) is 3.01. The summed E-state index contributed by atoms with van der Waals surface area (Å²) in [6.07, 6.45) is 0. The highest BCUT2D eigenvalue weighted by Gasteiger charge is 2.17. The summed E-state index contributed by atoms with van der Waals surface area (Å²) in [5, 5.41) is 3.00. The Morgan fingerprint density at radius 2 is 2.17 bits per heavy atom. The predicted octanol–water partition coefficient (Wildman–Crippen LogP) is 2.77. The van der Waals surface area contributed by atoms with Gasteiger partial charge in [-0.25, -0.2) is 0 Å². The fourth-order valence-electron chi connectivity index (χ4n) is 1.54. The molecule has 0 aliphatic heterocycles. The van der Waals surface area contributed by atoms with Crippen molar-refractivity contribution >= 4 is 18.5 Å². The zero-order chi connectivity index (χ0) is 13.5. The van der Waals surface area contributed by atoms with Crippen molar-refractivity contribution in [3.05, 3.63) is 29.8 Å². The zero-order valence-corrected chi connectivity index (χ0v) is 12.0. The quantitative estimate of drug-likeness (QED) is 0.778. The minimum atomic E-state index is -0.0793. The van der Waals surface area contributed by atoms with Crippen LogP contribution in [0.15, 0.2) is 29.2 Å². The molecule has 1 atom stereocenters. The van der Waals surface area contributed by atoms with Gasteiger partial charge in [0.2, 0.25) is 0 Å². The third kappa shape index (κ3) is 4.70. The summed E-state index contributed by atoms with van der Waals surface area (Å²) < 4.78 is 5.39. The molecule has 0 heterocycles. The van der Waals surface area contributed by atoms with Crippen LogP contribution >= 0.6 is 12.6 Å². The van der Waals surface area contributed by atoms with E-state index in [0.717, 1.165) is 4.90 Å². The Balaban J connectivity index is 2.66. The van der Waals surface area contributed by atoms with Gasteiger partial charge in [0.05, 0.1) is 12.6 Å². The number of nitrogens with one attached hydrogen (secondary N) is 1. The summed E-state index contributed by atoms with van der Waals surface area (Å²) in [5.41, 5.74) is 0.629. The normalized spacial score (nSPS) is 12.5. The first-order chi connectivity index (χ1) is 8.54. The lowest BCUT2D eigenvalue weighted by atomic mass is 10.0. The molecule has 1 aromatic carbocycles. The van der Waals surface area contributed by atoms with Crippen molar-refractivity contribution < 1.29 is 9.53 Å². The lowest BCUT2D eigenvalue weighted by Crippen LogP contribution is -2.41. The van der Waals surface area contributed by atoms with E-state index < -0.39 is 0 Å². The van der Waals surface area contributed by atoms with E-state index >= 15 is 0 Å². The molecule has 1 amide bonds. The number of benzene rings is 1. The van der Waals surface area contributed by atoms with E-state index in [-0.39, 0.29) is 11.9 Å². The van der Waals surface area contributed by atoms with E-state index in [4.69, 9.17) is 4.74 Å². The molecular weight excluding hydrogens is 246 g/mol. The number of hydrogen-bond acceptors (Lipinski definition) is 3. The molecule has 0 radical (unpaired) electrons. The fourth-order valence-corrected chi connectivity index (χ4v) is 1.77. The van der Waals surface area contributed by atoms with Gasteiger partial charge in [-0.15, -0.1) is 12.6 Å². The van der Waals surface area contributed by atoms with Crippen LogP contribution in [0.2, 0.25) is 0 Å². The predicted molar refractivity (Wildman–Crippen MR) is 76.3 cm³/mol. The summed E-state index contributed by atoms with van der Waals surface area (Å²) >= 11 is 4.23. The van der Waals surface area contributed by atoms with Crippen LogP contribution in [-0.4, -0.2) is 25.2 Å². The smallest absolute Gasteiger partial charge is 0.251 e. The number of thiol groups is 1. The number of amides is 1. The second-order valence-corrected chi connectivity index (χ2v) is 5.05. The van der Waals surface area contributed by atoms with Gasteiger partial charge in [-0.05, 0) is 31.0 Å². The minimum Gasteiger partial charge on any atom is -0.380 e. The minimum absolute atomic E-state index is 0.0287. The molecule has 0 aromatic heterocycles. The van der Waals surface area contributed by atoms with Gasteiger partial charge < -0.3 is 10.1 Å². The Bertz CT molecular complexity index is 393. The van der Waals surface area contributed by atoms with Crippen LogP contribution in [0.25, 0.3) is 0 Å². The Kier molecular flexibility index (Phi) is 6.22. The fraction of sp³-hybridized carbons (Fsp3) is 0.500. The van der Waals surface area contributed by atoms with Gasteiger partial charge in [-0.1, -0.05) is 19.9 Å². The molecule has 0 saturated carbocycles. The van der Waals surface area contributed by atoms with Crippen molar-refractivity contribution in [3.63, 3.8) is 0 Å². The van der Waals surface area contributed by atoms with Crippen LogP contribution in [0.5, 0.6) is 0 Å². The van der Waals surface area contributed by atoms with Crippen molar-refractivity contribution in [1.82, 2.24) is 5.32 Å². The van der Waals surface area contributed by atoms with E-state index in [9.17, 15) is 4.79 Å². The Morgan fingerprint density at radius 1 is 1.44 bits per heavy atom. The van der Waals surface area contributed by atoms with Gasteiger partial charge in [0.15, 0.2) is 0 Å². The third-order valence-electron chi connectivity index (χ3n) is 2.73. The summed E-state index contributed by atoms with van der Waals surface area (Å²) in [7, 11) is 0. The maximum Gasteiger partial charge on any atom is 0.251 e. The molecule has 3 nitrogen and oxygen atoms in total. The van der Waals surface area contributed by atoms with Crippen LogP contribution in [0, 0.1) is 5.92 Å². The molecular formula is C14H21NO2S. The van der Waals surface area contributed by atoms with Crippen LogP contribution in [0.3, 0.4) is 0 Å². The average Bonchev–Trinajstić information content (AvgIpc) is 2.33. The van der Waals surface area contributed by atoms with Gasteiger partial charge >= 0.3 is 0 Å². The van der Waals surface area contributed by atoms with E-state index in [0.29, 0.717) is 24.7 Å². The summed E-state index contributed by atoms with van der Waals surface area (Å²) in [4.78, 5) is 12.9. The molecule has 18 heavy (non-hydrogen) atoms. The standard InChI is InChI=1S/C14H21NO2S/c1-4-17-9-13(10(2)3)15-14(16)11-6-5-7-12(18)8-11/h5-8,10,13,18H,4,9H2,1-3H3,(H,15,16). The molecule has 1 aromatic rings. The Morgan fingerprint density at radius 3 is 2.72 bits per heavy atom. The first-order valence-corrected chi connectivity index (χ1v) is 6.67. The van der Waals surface area contributed by atoms with E-state index in [2.05, 4.69) is 31.8 Å². The SMILES string of the molecule is CCOCC(NC(=O)c1cccc(S)c1)C(C)C. The van der Waals surface area contributed by atoms with E-state index in [1.165, 1.54) is 0 Å². The average molecular weight is 267 g/mol. The number of carbonyl (C=O) groups is 1. The number of ether oxygens (including phenoxy) is 1. The van der Waals surface area contributed by atoms with Crippen molar-refractivity contribution in [2.75, 3.05) is 13.2 Å². The molecule has 0 saturated heterocycles. The maximum atomic E-state index is 12.1. The summed E-state index contributed by atoms with van der Waals surface area (Å²) in [5.74, 6) is 0.254. The van der Waals surface area contributed by atoms with Crippen molar-refractivity contribution in [3.8, 4) is 0 Å². The molecule has 0 spiro atoms. The Hall–Kier alpha value is -1.00. The highest BCUT2D eigenvalue weighted by Crippen LogP contribution is 2.10. The van der Waals surface area contributed by atoms with Gasteiger partial charge in [-0.3, -0.25) is 4.79 Å². The first-order valence-electron chi connectivity index (χ1n) is 6.22. The van der Waals surface area contributed by atoms with Crippen LogP contribution in [-0.2, 0) is 4.74 Å². The Labute approximate surface area is 114 Å². The molecule has 4 heteroatoms. The van der Waals surface area contributed by atoms with Gasteiger partial charge in [-0.2, -0.15) is 0 Å². The van der Waals surface area contributed by atoms with Gasteiger partial charge in [0.25, 0.3) is 5.91 Å². The molecule has 1 unspecified atom stereocenters. The molecule has 1 N–H and O–H groups in total. The molecule has 0 fully saturated rings. The lowest BCUT2D eigenvalue weighted by molar-refractivity contribution is 0.0806. The molecule has 0 aliphatic carbocycles. The summed E-state index contributed by atoms with van der Waals surface area (Å²) in [6.45, 7) is 7.28. The van der Waals surface area contributed by atoms with Crippen molar-refractivity contribution in [1.29, 1.82) is 0 Å². The van der Waals surface area contributed by atoms with Gasteiger partial charge in [0, 0.05) is 17.1 Å². The number of rotatable bonds is 6. The van der Waals surface area contributed by atoms with Crippen molar-refractivity contribution in [2.45, 2.75) is 31.7 Å². The van der Waals surface area contributed by atoms with E-state index in [1.54, 1.807) is 12.1 Å². The highest BCUT2D eigenvalue weighted by atomic mass is 32.1. The van der Waals surface area contributed by atoms with Crippen LogP contribution in [0.4, 0.5) is 0 Å². The van der Waals surface area contributed by atoms with Gasteiger partial charge in [0.1, 0.15) is 0 Å². The topological polar surface area (TPSA) is 38.3 Å².